The van der Waals surface area contributed by atoms with E-state index in [1.54, 1.807) is 0 Å². The highest BCUT2D eigenvalue weighted by Gasteiger charge is 2.43. The van der Waals surface area contributed by atoms with Crippen LogP contribution in [0, 0.1) is 0 Å². The summed E-state index contributed by atoms with van der Waals surface area (Å²) >= 11 is 0. The van der Waals surface area contributed by atoms with Crippen molar-refractivity contribution in [2.24, 2.45) is 0 Å². The van der Waals surface area contributed by atoms with Crippen LogP contribution in [0.1, 0.15) is 0 Å². The van der Waals surface area contributed by atoms with Crippen LogP contribution in [0.4, 0.5) is 0 Å². The van der Waals surface area contributed by atoms with Crippen molar-refractivity contribution in [2.45, 2.75) is 42.9 Å². The normalized spacial score (nSPS) is 32.7. The van der Waals surface area contributed by atoms with Gasteiger partial charge in [-0.15, -0.1) is 0 Å². The number of hydrogen-bond donors (Lipinski definition) is 8. The van der Waals surface area contributed by atoms with Gasteiger partial charge in [-0.1, -0.05) is 0 Å². The Balaban J connectivity index is 2.40. The molecule has 0 aromatic rings. The van der Waals surface area contributed by atoms with Gasteiger partial charge in [0.1, 0.15) is 36.6 Å². The Hall–Kier alpha value is -0.210. The minimum Gasteiger partial charge on any atom is -0.394 e. The molecule has 13 heteroatoms. The van der Waals surface area contributed by atoms with Gasteiger partial charge in [0.05, 0.1) is 19.8 Å². The quantitative estimate of drug-likeness (QED) is 0.183. The van der Waals surface area contributed by atoms with Crippen LogP contribution in [0.15, 0.2) is 0 Å². The third-order valence-corrected chi connectivity index (χ3v) is 3.62. The monoisotopic (exact) mass is 364 g/mol. The Morgan fingerprint density at radius 2 is 1.61 bits per heavy atom. The first-order valence-electron chi connectivity index (χ1n) is 6.55. The predicted molar refractivity (Wildman–Crippen MR) is 69.7 cm³/mol. The summed E-state index contributed by atoms with van der Waals surface area (Å²) < 4.78 is 24.3. The fourth-order valence-corrected chi connectivity index (χ4v) is 2.17. The zero-order valence-corrected chi connectivity index (χ0v) is 12.7. The van der Waals surface area contributed by atoms with E-state index in [0.29, 0.717) is 0 Å². The van der Waals surface area contributed by atoms with E-state index in [0.717, 1.165) is 0 Å². The molecular weight excluding hydrogens is 343 g/mol. The summed E-state index contributed by atoms with van der Waals surface area (Å²) in [4.78, 5) is 16.9. The molecule has 1 aliphatic rings. The Kier molecular flexibility index (Phi) is 7.93. The number of aliphatic hydroxyl groups excluding tert-OH is 6. The van der Waals surface area contributed by atoms with Gasteiger partial charge in [-0.05, 0) is 0 Å². The highest BCUT2D eigenvalue weighted by atomic mass is 31.2. The van der Waals surface area contributed by atoms with Gasteiger partial charge in [0, 0.05) is 0 Å². The summed E-state index contributed by atoms with van der Waals surface area (Å²) in [6.07, 6.45) is -10.7. The molecule has 1 rings (SSSR count). The Bertz CT molecular complexity index is 401. The number of phosphoric ester groups is 1. The molecule has 1 fully saturated rings. The van der Waals surface area contributed by atoms with E-state index in [2.05, 4.69) is 4.52 Å². The van der Waals surface area contributed by atoms with E-state index in [1.807, 2.05) is 0 Å². The van der Waals surface area contributed by atoms with Crippen molar-refractivity contribution in [1.82, 2.24) is 0 Å². The highest BCUT2D eigenvalue weighted by Crippen LogP contribution is 2.35. The van der Waals surface area contributed by atoms with Crippen molar-refractivity contribution >= 4 is 7.82 Å². The molecular formula is C10H21O12P. The number of hydrogen-bond acceptors (Lipinski definition) is 10. The smallest absolute Gasteiger partial charge is 0.394 e. The third-order valence-electron chi connectivity index (χ3n) is 3.13. The second-order valence-electron chi connectivity index (χ2n) is 4.95. The molecule has 138 valence electrons. The number of phosphoric acid groups is 1. The van der Waals surface area contributed by atoms with Crippen molar-refractivity contribution in [2.75, 3.05) is 19.8 Å². The average molecular weight is 364 g/mol. The molecule has 8 N–H and O–H groups in total. The molecule has 0 spiro atoms. The highest BCUT2D eigenvalue weighted by molar-refractivity contribution is 7.46. The summed E-state index contributed by atoms with van der Waals surface area (Å²) in [5.74, 6) is 0. The number of aliphatic hydroxyl groups is 6. The Morgan fingerprint density at radius 1 is 1.04 bits per heavy atom. The van der Waals surface area contributed by atoms with Crippen LogP contribution in [0.25, 0.3) is 0 Å². The number of ether oxygens (including phenoxy) is 2. The van der Waals surface area contributed by atoms with Crippen molar-refractivity contribution in [3.8, 4) is 0 Å². The topological polar surface area (TPSA) is 207 Å². The lowest BCUT2D eigenvalue weighted by molar-refractivity contribution is -0.194. The van der Waals surface area contributed by atoms with Gasteiger partial charge in [-0.25, -0.2) is 4.57 Å². The molecule has 1 aliphatic heterocycles. The minimum absolute atomic E-state index is 0.568. The molecule has 4 unspecified atom stereocenters. The van der Waals surface area contributed by atoms with E-state index in [1.165, 1.54) is 0 Å². The van der Waals surface area contributed by atoms with E-state index < -0.39 is 70.6 Å². The first-order valence-corrected chi connectivity index (χ1v) is 8.08. The zero-order valence-electron chi connectivity index (χ0n) is 11.8. The first-order chi connectivity index (χ1) is 10.6. The fourth-order valence-electron chi connectivity index (χ4n) is 1.82. The van der Waals surface area contributed by atoms with Crippen molar-refractivity contribution in [3.63, 3.8) is 0 Å². The van der Waals surface area contributed by atoms with Gasteiger partial charge in [0.2, 0.25) is 0 Å². The van der Waals surface area contributed by atoms with Crippen LogP contribution in [0.3, 0.4) is 0 Å². The molecule has 0 bridgehead atoms. The predicted octanol–water partition coefficient (Wildman–Crippen LogP) is -4.37. The van der Waals surface area contributed by atoms with Gasteiger partial charge in [0.15, 0.2) is 6.29 Å². The summed E-state index contributed by atoms with van der Waals surface area (Å²) in [5, 5.41) is 56.6. The molecule has 7 atom stereocenters. The van der Waals surface area contributed by atoms with Crippen molar-refractivity contribution in [1.29, 1.82) is 0 Å². The lowest BCUT2D eigenvalue weighted by Gasteiger charge is -2.24. The molecule has 0 aliphatic carbocycles. The standard InChI is InChI=1S/C10H21O12P/c11-1-6-8(15)9(16)10(22-6)20-2-4(12)7(14)5(13)3-21-23(17,18)19/h4-16H,1-3H2,(H2,17,18,19)/t4?,5?,6-,7?,8+,9?,10-/m1/s1. The molecule has 1 saturated heterocycles. The molecule has 0 aromatic carbocycles. The molecule has 12 nitrogen and oxygen atoms in total. The van der Waals surface area contributed by atoms with Crippen LogP contribution >= 0.6 is 7.82 Å². The SMILES string of the molecule is O=P(O)(O)OCC(O)C(O)C(O)CO[C@@H]1O[C@H](CO)[C@H](O)C1O. The second-order valence-corrected chi connectivity index (χ2v) is 6.19. The molecule has 1 heterocycles. The summed E-state index contributed by atoms with van der Waals surface area (Å²) in [5.41, 5.74) is 0. The van der Waals surface area contributed by atoms with Crippen LogP contribution < -0.4 is 0 Å². The lowest BCUT2D eigenvalue weighted by atomic mass is 10.1. The van der Waals surface area contributed by atoms with Gasteiger partial charge in [-0.2, -0.15) is 0 Å². The number of rotatable bonds is 9. The molecule has 0 amide bonds. The van der Waals surface area contributed by atoms with Crippen LogP contribution in [0.2, 0.25) is 0 Å². The molecule has 0 radical (unpaired) electrons. The van der Waals surface area contributed by atoms with Crippen LogP contribution in [-0.4, -0.2) is 103 Å². The van der Waals surface area contributed by atoms with Crippen LogP contribution in [0.5, 0.6) is 0 Å². The summed E-state index contributed by atoms with van der Waals surface area (Å²) in [7, 11) is -4.84. The lowest BCUT2D eigenvalue weighted by Crippen LogP contribution is -2.43. The van der Waals surface area contributed by atoms with Crippen molar-refractivity contribution < 1.29 is 59.0 Å². The van der Waals surface area contributed by atoms with Gasteiger partial charge < -0.3 is 49.9 Å². The van der Waals surface area contributed by atoms with Gasteiger partial charge in [-0.3, -0.25) is 4.52 Å². The fraction of sp³-hybridized carbons (Fsp3) is 1.00. The summed E-state index contributed by atoms with van der Waals surface area (Å²) in [6.45, 7) is -2.14. The van der Waals surface area contributed by atoms with E-state index in [-0.39, 0.29) is 0 Å². The van der Waals surface area contributed by atoms with E-state index >= 15 is 0 Å². The van der Waals surface area contributed by atoms with Crippen LogP contribution in [-0.2, 0) is 18.6 Å². The maximum atomic E-state index is 10.5. The average Bonchev–Trinajstić information content (AvgIpc) is 2.76. The summed E-state index contributed by atoms with van der Waals surface area (Å²) in [6, 6.07) is 0. The second kappa shape index (κ2) is 8.76. The first kappa shape index (κ1) is 20.8. The van der Waals surface area contributed by atoms with E-state index in [4.69, 9.17) is 24.4 Å². The molecule has 23 heavy (non-hydrogen) atoms. The maximum Gasteiger partial charge on any atom is 0.469 e. The maximum absolute atomic E-state index is 10.5. The van der Waals surface area contributed by atoms with Gasteiger partial charge >= 0.3 is 7.82 Å². The van der Waals surface area contributed by atoms with Gasteiger partial charge in [0.25, 0.3) is 0 Å². The van der Waals surface area contributed by atoms with E-state index in [9.17, 15) is 30.1 Å². The van der Waals surface area contributed by atoms with Crippen molar-refractivity contribution in [3.05, 3.63) is 0 Å². The minimum atomic E-state index is -4.84. The third kappa shape index (κ3) is 6.31. The molecule has 0 saturated carbocycles. The Morgan fingerprint density at radius 3 is 2.09 bits per heavy atom. The Labute approximate surface area is 130 Å². The molecule has 0 aromatic heterocycles. The zero-order chi connectivity index (χ0) is 17.8. The largest absolute Gasteiger partial charge is 0.469 e.